The molecule has 0 amide bonds. The van der Waals surface area contributed by atoms with Crippen LogP contribution in [-0.4, -0.2) is 25.3 Å². The molecule has 1 aliphatic carbocycles. The van der Waals surface area contributed by atoms with Crippen LogP contribution in [0.5, 0.6) is 11.5 Å². The van der Waals surface area contributed by atoms with Crippen LogP contribution in [0.3, 0.4) is 0 Å². The second kappa shape index (κ2) is 4.46. The second-order valence-electron chi connectivity index (χ2n) is 4.48. The summed E-state index contributed by atoms with van der Waals surface area (Å²) in [5, 5.41) is 9.40. The molecule has 4 nitrogen and oxygen atoms in total. The van der Waals surface area contributed by atoms with Crippen molar-refractivity contribution < 1.29 is 19.4 Å². The maximum Gasteiger partial charge on any atom is 0.314 e. The molecular formula is C13H15BrO4. The number of carboxylic acids is 1. The highest BCUT2D eigenvalue weighted by Crippen LogP contribution is 2.54. The lowest BCUT2D eigenvalue weighted by molar-refractivity contribution is -0.140. The molecule has 1 N–H and O–H groups in total. The summed E-state index contributed by atoms with van der Waals surface area (Å²) in [7, 11) is 3.12. The van der Waals surface area contributed by atoms with Crippen molar-refractivity contribution in [2.45, 2.75) is 25.2 Å². The number of hydrogen-bond donors (Lipinski definition) is 1. The van der Waals surface area contributed by atoms with Gasteiger partial charge in [-0.15, -0.1) is 0 Å². The summed E-state index contributed by atoms with van der Waals surface area (Å²) in [5.74, 6) is 0.425. The normalized spacial score (nSPS) is 16.2. The molecule has 0 bridgehead atoms. The Bertz CT molecular complexity index is 506. The maximum absolute atomic E-state index is 11.4. The van der Waals surface area contributed by atoms with Gasteiger partial charge in [-0.3, -0.25) is 4.79 Å². The molecule has 0 heterocycles. The Balaban J connectivity index is 2.66. The molecule has 0 unspecified atom stereocenters. The van der Waals surface area contributed by atoms with E-state index in [2.05, 4.69) is 15.9 Å². The zero-order valence-corrected chi connectivity index (χ0v) is 12.1. The number of hydrogen-bond acceptors (Lipinski definition) is 3. The van der Waals surface area contributed by atoms with Crippen molar-refractivity contribution in [3.63, 3.8) is 0 Å². The third-order valence-electron chi connectivity index (χ3n) is 3.50. The van der Waals surface area contributed by atoms with E-state index < -0.39 is 11.4 Å². The Morgan fingerprint density at radius 2 is 2.00 bits per heavy atom. The van der Waals surface area contributed by atoms with E-state index in [0.717, 1.165) is 15.6 Å². The first-order valence-electron chi connectivity index (χ1n) is 5.63. The van der Waals surface area contributed by atoms with Crippen LogP contribution in [0.4, 0.5) is 0 Å². The van der Waals surface area contributed by atoms with Crippen LogP contribution in [0.15, 0.2) is 10.5 Å². The second-order valence-corrected chi connectivity index (χ2v) is 5.34. The molecule has 2 rings (SSSR count). The van der Waals surface area contributed by atoms with Gasteiger partial charge < -0.3 is 14.6 Å². The molecule has 0 aromatic heterocycles. The van der Waals surface area contributed by atoms with Gasteiger partial charge in [0.15, 0.2) is 11.5 Å². The van der Waals surface area contributed by atoms with Crippen LogP contribution >= 0.6 is 15.9 Å². The highest BCUT2D eigenvalue weighted by atomic mass is 79.9. The molecule has 1 fully saturated rings. The van der Waals surface area contributed by atoms with Gasteiger partial charge in [0.2, 0.25) is 0 Å². The predicted molar refractivity (Wildman–Crippen MR) is 70.5 cm³/mol. The van der Waals surface area contributed by atoms with E-state index in [9.17, 15) is 9.90 Å². The number of benzene rings is 1. The zero-order valence-electron chi connectivity index (χ0n) is 10.5. The van der Waals surface area contributed by atoms with Crippen LogP contribution in [0, 0.1) is 6.92 Å². The summed E-state index contributed by atoms with van der Waals surface area (Å²) >= 11 is 3.45. The quantitative estimate of drug-likeness (QED) is 0.928. The van der Waals surface area contributed by atoms with Crippen LogP contribution in [-0.2, 0) is 10.2 Å². The number of halogens is 1. The number of aliphatic carboxylic acids is 1. The first-order valence-corrected chi connectivity index (χ1v) is 6.42. The molecule has 0 radical (unpaired) electrons. The van der Waals surface area contributed by atoms with Crippen molar-refractivity contribution >= 4 is 21.9 Å². The maximum atomic E-state index is 11.4. The number of ether oxygens (including phenoxy) is 2. The van der Waals surface area contributed by atoms with Crippen molar-refractivity contribution in [2.75, 3.05) is 14.2 Å². The van der Waals surface area contributed by atoms with Gasteiger partial charge in [0.25, 0.3) is 0 Å². The first kappa shape index (κ1) is 13.2. The molecular weight excluding hydrogens is 300 g/mol. The fourth-order valence-corrected chi connectivity index (χ4v) is 3.30. The standard InChI is InChI=1S/C13H15BrO4/c1-7-10(13(4-5-13)12(15)16)8(14)6-9(17-2)11(7)18-3/h6H,4-5H2,1-3H3,(H,15,16). The Labute approximate surface area is 114 Å². The molecule has 1 saturated carbocycles. The molecule has 98 valence electrons. The van der Waals surface area contributed by atoms with Gasteiger partial charge in [0.1, 0.15) is 0 Å². The fourth-order valence-electron chi connectivity index (χ4n) is 2.42. The highest BCUT2D eigenvalue weighted by Gasteiger charge is 2.54. The topological polar surface area (TPSA) is 55.8 Å². The Kier molecular flexibility index (Phi) is 3.27. The van der Waals surface area contributed by atoms with Crippen LogP contribution in [0.2, 0.25) is 0 Å². The van der Waals surface area contributed by atoms with Gasteiger partial charge in [-0.25, -0.2) is 0 Å². The third kappa shape index (κ3) is 1.77. The van der Waals surface area contributed by atoms with Gasteiger partial charge in [-0.05, 0) is 31.4 Å². The average molecular weight is 315 g/mol. The van der Waals surface area contributed by atoms with Crippen molar-refractivity contribution in [3.8, 4) is 11.5 Å². The largest absolute Gasteiger partial charge is 0.493 e. The van der Waals surface area contributed by atoms with E-state index in [-0.39, 0.29) is 0 Å². The number of carboxylic acid groups (broad SMARTS) is 1. The molecule has 0 atom stereocenters. The SMILES string of the molecule is COc1cc(Br)c(C2(C(=O)O)CC2)c(C)c1OC. The molecule has 0 aliphatic heterocycles. The Morgan fingerprint density at radius 1 is 1.39 bits per heavy atom. The molecule has 5 heteroatoms. The van der Waals surface area contributed by atoms with Crippen molar-refractivity contribution in [3.05, 3.63) is 21.7 Å². The lowest BCUT2D eigenvalue weighted by Crippen LogP contribution is -2.21. The molecule has 1 aliphatic rings. The fraction of sp³-hybridized carbons (Fsp3) is 0.462. The Hall–Kier alpha value is -1.23. The Morgan fingerprint density at radius 3 is 2.39 bits per heavy atom. The zero-order chi connectivity index (χ0) is 13.5. The van der Waals surface area contributed by atoms with Gasteiger partial charge >= 0.3 is 5.97 Å². The van der Waals surface area contributed by atoms with Crippen molar-refractivity contribution in [2.24, 2.45) is 0 Å². The highest BCUT2D eigenvalue weighted by molar-refractivity contribution is 9.10. The van der Waals surface area contributed by atoms with Gasteiger partial charge in [0, 0.05) is 10.0 Å². The van der Waals surface area contributed by atoms with Gasteiger partial charge in [-0.1, -0.05) is 15.9 Å². The summed E-state index contributed by atoms with van der Waals surface area (Å²) in [4.78, 5) is 11.4. The summed E-state index contributed by atoms with van der Waals surface area (Å²) in [5.41, 5.74) is 0.860. The smallest absolute Gasteiger partial charge is 0.314 e. The summed E-state index contributed by atoms with van der Waals surface area (Å²) in [6.45, 7) is 1.87. The summed E-state index contributed by atoms with van der Waals surface area (Å²) < 4.78 is 11.3. The van der Waals surface area contributed by atoms with Crippen LogP contribution in [0.1, 0.15) is 24.0 Å². The first-order chi connectivity index (χ1) is 8.47. The molecule has 1 aromatic rings. The average Bonchev–Trinajstić information content (AvgIpc) is 3.09. The van der Waals surface area contributed by atoms with Crippen LogP contribution in [0.25, 0.3) is 0 Å². The van der Waals surface area contributed by atoms with E-state index in [1.165, 1.54) is 0 Å². The van der Waals surface area contributed by atoms with E-state index in [1.54, 1.807) is 20.3 Å². The lowest BCUT2D eigenvalue weighted by atomic mass is 9.91. The molecule has 18 heavy (non-hydrogen) atoms. The summed E-state index contributed by atoms with van der Waals surface area (Å²) in [6, 6.07) is 1.77. The summed E-state index contributed by atoms with van der Waals surface area (Å²) in [6.07, 6.45) is 1.33. The molecule has 0 spiro atoms. The number of rotatable bonds is 4. The van der Waals surface area contributed by atoms with E-state index in [0.29, 0.717) is 24.3 Å². The minimum absolute atomic E-state index is 0.600. The minimum Gasteiger partial charge on any atom is -0.493 e. The molecule has 1 aromatic carbocycles. The van der Waals surface area contributed by atoms with E-state index in [1.807, 2.05) is 6.92 Å². The number of carbonyl (C=O) groups is 1. The monoisotopic (exact) mass is 314 g/mol. The van der Waals surface area contributed by atoms with Gasteiger partial charge in [-0.2, -0.15) is 0 Å². The predicted octanol–water partition coefficient (Wildman–Crippen LogP) is 2.89. The number of methoxy groups -OCH3 is 2. The lowest BCUT2D eigenvalue weighted by Gasteiger charge is -2.20. The van der Waals surface area contributed by atoms with Crippen molar-refractivity contribution in [1.29, 1.82) is 0 Å². The van der Waals surface area contributed by atoms with Gasteiger partial charge in [0.05, 0.1) is 19.6 Å². The van der Waals surface area contributed by atoms with E-state index >= 15 is 0 Å². The van der Waals surface area contributed by atoms with E-state index in [4.69, 9.17) is 9.47 Å². The third-order valence-corrected chi connectivity index (χ3v) is 4.12. The molecule has 0 saturated heterocycles. The minimum atomic E-state index is -0.779. The van der Waals surface area contributed by atoms with Crippen molar-refractivity contribution in [1.82, 2.24) is 0 Å². The van der Waals surface area contributed by atoms with Crippen LogP contribution < -0.4 is 9.47 Å².